The molecule has 0 spiro atoms. The topological polar surface area (TPSA) is 35.5 Å². The van der Waals surface area contributed by atoms with Crippen molar-refractivity contribution in [2.45, 2.75) is 13.1 Å². The lowest BCUT2D eigenvalue weighted by Gasteiger charge is -2.09. The molecule has 4 heteroatoms. The minimum absolute atomic E-state index is 0.171. The van der Waals surface area contributed by atoms with Gasteiger partial charge in [-0.15, -0.1) is 0 Å². The molecule has 0 aliphatic heterocycles. The van der Waals surface area contributed by atoms with Crippen molar-refractivity contribution >= 4 is 16.7 Å². The number of carbonyl (C=O) groups is 1. The molecule has 0 radical (unpaired) electrons. The molecule has 100 valence electrons. The van der Waals surface area contributed by atoms with E-state index in [9.17, 15) is 9.18 Å². The van der Waals surface area contributed by atoms with Gasteiger partial charge in [-0.05, 0) is 41.5 Å². The summed E-state index contributed by atoms with van der Waals surface area (Å²) in [5, 5.41) is 1.78. The molecule has 0 aliphatic carbocycles. The zero-order valence-corrected chi connectivity index (χ0v) is 10.9. The number of rotatable bonds is 4. The van der Waals surface area contributed by atoms with Crippen molar-refractivity contribution in [2.24, 2.45) is 0 Å². The van der Waals surface area contributed by atoms with Crippen LogP contribution in [0.1, 0.15) is 18.7 Å². The maximum atomic E-state index is 13.9. The van der Waals surface area contributed by atoms with Crippen LogP contribution in [-0.4, -0.2) is 19.7 Å². The highest BCUT2D eigenvalue weighted by molar-refractivity contribution is 5.86. The van der Waals surface area contributed by atoms with E-state index < -0.39 is 12.1 Å². The van der Waals surface area contributed by atoms with Gasteiger partial charge in [-0.1, -0.05) is 18.2 Å². The van der Waals surface area contributed by atoms with Gasteiger partial charge in [0.2, 0.25) is 6.17 Å². The molecule has 3 nitrogen and oxygen atoms in total. The van der Waals surface area contributed by atoms with E-state index in [-0.39, 0.29) is 6.61 Å². The molecule has 0 saturated heterocycles. The number of fused-ring (bicyclic) bond motifs is 1. The monoisotopic (exact) mass is 262 g/mol. The lowest BCUT2D eigenvalue weighted by molar-refractivity contribution is -0.149. The Labute approximate surface area is 110 Å². The standard InChI is InChI=1S/C15H15FO3/c1-3-19-15(17)14(16)12-5-4-11-9-13(18-2)7-6-10(11)8-12/h4-9,14H,3H2,1-2H3. The molecule has 2 aromatic rings. The van der Waals surface area contributed by atoms with Crippen molar-refractivity contribution < 1.29 is 18.7 Å². The van der Waals surface area contributed by atoms with Gasteiger partial charge < -0.3 is 9.47 Å². The van der Waals surface area contributed by atoms with Gasteiger partial charge in [0.25, 0.3) is 0 Å². The quantitative estimate of drug-likeness (QED) is 0.792. The Morgan fingerprint density at radius 1 is 1.21 bits per heavy atom. The Hall–Kier alpha value is -2.10. The van der Waals surface area contributed by atoms with E-state index >= 15 is 0 Å². The summed E-state index contributed by atoms with van der Waals surface area (Å²) < 4.78 is 23.7. The third-order valence-corrected chi connectivity index (χ3v) is 2.86. The van der Waals surface area contributed by atoms with Crippen molar-refractivity contribution in [2.75, 3.05) is 13.7 Å². The summed E-state index contributed by atoms with van der Waals surface area (Å²) in [7, 11) is 1.59. The summed E-state index contributed by atoms with van der Waals surface area (Å²) in [5.74, 6) is -0.113. The van der Waals surface area contributed by atoms with Crippen molar-refractivity contribution in [1.29, 1.82) is 0 Å². The fraction of sp³-hybridized carbons (Fsp3) is 0.267. The highest BCUT2D eigenvalue weighted by Crippen LogP contribution is 2.26. The minimum atomic E-state index is -1.74. The van der Waals surface area contributed by atoms with E-state index in [4.69, 9.17) is 4.74 Å². The molecule has 2 rings (SSSR count). The van der Waals surface area contributed by atoms with Crippen LogP contribution in [-0.2, 0) is 9.53 Å². The molecule has 0 bridgehead atoms. The number of halogens is 1. The molecule has 19 heavy (non-hydrogen) atoms. The molecule has 0 fully saturated rings. The maximum absolute atomic E-state index is 13.9. The van der Waals surface area contributed by atoms with Crippen LogP contribution in [0.2, 0.25) is 0 Å². The van der Waals surface area contributed by atoms with E-state index in [1.807, 2.05) is 12.1 Å². The number of ether oxygens (including phenoxy) is 2. The molecule has 0 amide bonds. The number of hydrogen-bond acceptors (Lipinski definition) is 3. The molecule has 0 N–H and O–H groups in total. The summed E-state index contributed by atoms with van der Waals surface area (Å²) in [6, 6.07) is 10.5. The van der Waals surface area contributed by atoms with Gasteiger partial charge in [-0.25, -0.2) is 9.18 Å². The number of benzene rings is 2. The largest absolute Gasteiger partial charge is 0.497 e. The Morgan fingerprint density at radius 3 is 2.58 bits per heavy atom. The Morgan fingerprint density at radius 2 is 1.89 bits per heavy atom. The number of hydrogen-bond donors (Lipinski definition) is 0. The predicted octanol–water partition coefficient (Wildman–Crippen LogP) is 3.42. The molecule has 0 aromatic heterocycles. The lowest BCUT2D eigenvalue weighted by atomic mass is 10.0. The Bertz CT molecular complexity index is 595. The SMILES string of the molecule is CCOC(=O)C(F)c1ccc2cc(OC)ccc2c1. The van der Waals surface area contributed by atoms with Crippen LogP contribution in [0.4, 0.5) is 4.39 Å². The molecule has 1 atom stereocenters. The van der Waals surface area contributed by atoms with Crippen LogP contribution in [0.15, 0.2) is 36.4 Å². The Balaban J connectivity index is 2.33. The molecular formula is C15H15FO3. The average molecular weight is 262 g/mol. The third-order valence-electron chi connectivity index (χ3n) is 2.86. The average Bonchev–Trinajstić information content (AvgIpc) is 2.45. The summed E-state index contributed by atoms with van der Waals surface area (Å²) in [6.45, 7) is 1.82. The number of methoxy groups -OCH3 is 1. The van der Waals surface area contributed by atoms with Gasteiger partial charge >= 0.3 is 5.97 Å². The zero-order chi connectivity index (χ0) is 13.8. The smallest absolute Gasteiger partial charge is 0.345 e. The van der Waals surface area contributed by atoms with Crippen LogP contribution < -0.4 is 4.74 Å². The molecule has 0 saturated carbocycles. The van der Waals surface area contributed by atoms with Gasteiger partial charge in [0.05, 0.1) is 13.7 Å². The summed E-state index contributed by atoms with van der Waals surface area (Å²) >= 11 is 0. The first-order valence-electron chi connectivity index (χ1n) is 6.04. The number of esters is 1. The molecule has 1 unspecified atom stereocenters. The van der Waals surface area contributed by atoms with Gasteiger partial charge in [0.15, 0.2) is 0 Å². The normalized spacial score (nSPS) is 12.2. The van der Waals surface area contributed by atoms with Gasteiger partial charge in [-0.2, -0.15) is 0 Å². The molecule has 0 aliphatic rings. The summed E-state index contributed by atoms with van der Waals surface area (Å²) in [4.78, 5) is 11.4. The van der Waals surface area contributed by atoms with E-state index in [2.05, 4.69) is 4.74 Å². The first-order chi connectivity index (χ1) is 9.15. The van der Waals surface area contributed by atoms with E-state index in [1.165, 1.54) is 0 Å². The predicted molar refractivity (Wildman–Crippen MR) is 71.0 cm³/mol. The fourth-order valence-corrected chi connectivity index (χ4v) is 1.88. The van der Waals surface area contributed by atoms with Crippen LogP contribution in [0.5, 0.6) is 5.75 Å². The van der Waals surface area contributed by atoms with Gasteiger partial charge in [-0.3, -0.25) is 0 Å². The van der Waals surface area contributed by atoms with Crippen LogP contribution >= 0.6 is 0 Å². The second kappa shape index (κ2) is 5.69. The highest BCUT2D eigenvalue weighted by Gasteiger charge is 2.20. The first-order valence-corrected chi connectivity index (χ1v) is 6.04. The number of alkyl halides is 1. The van der Waals surface area contributed by atoms with Crippen LogP contribution in [0, 0.1) is 0 Å². The highest BCUT2D eigenvalue weighted by atomic mass is 19.1. The van der Waals surface area contributed by atoms with E-state index in [0.717, 1.165) is 16.5 Å². The summed E-state index contributed by atoms with van der Waals surface area (Å²) in [6.07, 6.45) is -1.74. The van der Waals surface area contributed by atoms with Gasteiger partial charge in [0, 0.05) is 0 Å². The van der Waals surface area contributed by atoms with Crippen molar-refractivity contribution in [3.63, 3.8) is 0 Å². The third kappa shape index (κ3) is 2.84. The zero-order valence-electron chi connectivity index (χ0n) is 10.9. The fourth-order valence-electron chi connectivity index (χ4n) is 1.88. The van der Waals surface area contributed by atoms with Crippen molar-refractivity contribution in [3.05, 3.63) is 42.0 Å². The summed E-state index contributed by atoms with van der Waals surface area (Å²) in [5.41, 5.74) is 0.302. The maximum Gasteiger partial charge on any atom is 0.345 e. The van der Waals surface area contributed by atoms with Crippen molar-refractivity contribution in [3.8, 4) is 5.75 Å². The molecule has 2 aromatic carbocycles. The second-order valence-electron chi connectivity index (χ2n) is 4.09. The second-order valence-corrected chi connectivity index (χ2v) is 4.09. The van der Waals surface area contributed by atoms with E-state index in [1.54, 1.807) is 38.3 Å². The van der Waals surface area contributed by atoms with Crippen molar-refractivity contribution in [1.82, 2.24) is 0 Å². The lowest BCUT2D eigenvalue weighted by Crippen LogP contribution is -2.11. The number of carbonyl (C=O) groups excluding carboxylic acids is 1. The molecular weight excluding hydrogens is 247 g/mol. The van der Waals surface area contributed by atoms with Crippen LogP contribution in [0.25, 0.3) is 10.8 Å². The minimum Gasteiger partial charge on any atom is -0.497 e. The molecule has 0 heterocycles. The van der Waals surface area contributed by atoms with E-state index in [0.29, 0.717) is 5.56 Å². The van der Waals surface area contributed by atoms with Gasteiger partial charge in [0.1, 0.15) is 5.75 Å². The van der Waals surface area contributed by atoms with Crippen LogP contribution in [0.3, 0.4) is 0 Å². The first kappa shape index (κ1) is 13.3. The Kier molecular flexibility index (Phi) is 4.00.